The molecule has 2 nitrogen and oxygen atoms in total. The van der Waals surface area contributed by atoms with E-state index in [2.05, 4.69) is 0 Å². The van der Waals surface area contributed by atoms with Gasteiger partial charge in [-0.15, -0.1) is 0 Å². The molecule has 0 saturated heterocycles. The van der Waals surface area contributed by atoms with Gasteiger partial charge in [0.05, 0.1) is 6.54 Å². The second-order valence-corrected chi connectivity index (χ2v) is 4.38. The maximum Gasteiger partial charge on any atom is 0.401 e. The quantitative estimate of drug-likeness (QED) is 0.794. The first-order valence-corrected chi connectivity index (χ1v) is 5.41. The molecule has 0 bridgehead atoms. The Balaban J connectivity index is 2.52. The van der Waals surface area contributed by atoms with E-state index in [0.29, 0.717) is 6.54 Å². The van der Waals surface area contributed by atoms with E-state index in [-0.39, 0.29) is 12.0 Å². The van der Waals surface area contributed by atoms with E-state index in [1.165, 1.54) is 4.90 Å². The molecule has 0 aromatic rings. The van der Waals surface area contributed by atoms with Crippen molar-refractivity contribution in [1.29, 1.82) is 0 Å². The van der Waals surface area contributed by atoms with Crippen LogP contribution in [0.5, 0.6) is 0 Å². The lowest BCUT2D eigenvalue weighted by molar-refractivity contribution is -0.150. The Hall–Kier alpha value is -0.290. The third-order valence-electron chi connectivity index (χ3n) is 3.17. The van der Waals surface area contributed by atoms with Gasteiger partial charge in [-0.1, -0.05) is 12.8 Å². The fourth-order valence-electron chi connectivity index (χ4n) is 2.44. The Morgan fingerprint density at radius 2 is 1.87 bits per heavy atom. The van der Waals surface area contributed by atoms with Gasteiger partial charge in [0.15, 0.2) is 0 Å². The molecule has 5 heteroatoms. The van der Waals surface area contributed by atoms with Gasteiger partial charge >= 0.3 is 6.18 Å². The Kier molecular flexibility index (Phi) is 4.40. The van der Waals surface area contributed by atoms with Crippen molar-refractivity contribution in [3.05, 3.63) is 0 Å². The zero-order valence-corrected chi connectivity index (χ0v) is 9.06. The summed E-state index contributed by atoms with van der Waals surface area (Å²) in [4.78, 5) is 1.41. The summed E-state index contributed by atoms with van der Waals surface area (Å²) in [6.07, 6.45) is -0.190. The highest BCUT2D eigenvalue weighted by Gasteiger charge is 2.35. The second kappa shape index (κ2) is 5.16. The summed E-state index contributed by atoms with van der Waals surface area (Å²) in [7, 11) is 1.55. The number of hydrogen-bond acceptors (Lipinski definition) is 2. The van der Waals surface area contributed by atoms with Crippen LogP contribution in [0.25, 0.3) is 0 Å². The predicted molar refractivity (Wildman–Crippen MR) is 53.5 cm³/mol. The molecule has 0 heterocycles. The van der Waals surface area contributed by atoms with E-state index in [1.54, 1.807) is 7.05 Å². The largest absolute Gasteiger partial charge is 0.401 e. The number of nitrogens with zero attached hydrogens (tertiary/aromatic N) is 1. The molecule has 1 aliphatic carbocycles. The maximum atomic E-state index is 12.2. The number of nitrogens with two attached hydrogens (primary N) is 1. The van der Waals surface area contributed by atoms with Gasteiger partial charge in [0, 0.05) is 6.04 Å². The van der Waals surface area contributed by atoms with Crippen LogP contribution in [-0.2, 0) is 0 Å². The summed E-state index contributed by atoms with van der Waals surface area (Å²) in [5.74, 6) is 0.228. The molecule has 0 aromatic heterocycles. The molecular formula is C10H19F3N2. The molecule has 0 radical (unpaired) electrons. The molecule has 1 aliphatic rings. The van der Waals surface area contributed by atoms with E-state index < -0.39 is 12.7 Å². The average molecular weight is 224 g/mol. The summed E-state index contributed by atoms with van der Waals surface area (Å²) < 4.78 is 36.7. The average Bonchev–Trinajstić information content (AvgIpc) is 2.15. The minimum atomic E-state index is -4.11. The van der Waals surface area contributed by atoms with Crippen LogP contribution in [0.4, 0.5) is 13.2 Å². The molecule has 15 heavy (non-hydrogen) atoms. The molecule has 0 aliphatic heterocycles. The van der Waals surface area contributed by atoms with Crippen molar-refractivity contribution < 1.29 is 13.2 Å². The monoisotopic (exact) mass is 224 g/mol. The Morgan fingerprint density at radius 1 is 1.27 bits per heavy atom. The van der Waals surface area contributed by atoms with E-state index in [4.69, 9.17) is 5.73 Å². The van der Waals surface area contributed by atoms with Gasteiger partial charge in [-0.2, -0.15) is 13.2 Å². The van der Waals surface area contributed by atoms with Gasteiger partial charge < -0.3 is 5.73 Å². The van der Waals surface area contributed by atoms with Crippen LogP contribution in [0, 0.1) is 5.92 Å². The SMILES string of the molecule is CN(CC(F)(F)F)C1CCCCC1CN. The van der Waals surface area contributed by atoms with Gasteiger partial charge in [-0.25, -0.2) is 0 Å². The van der Waals surface area contributed by atoms with Crippen LogP contribution in [0.3, 0.4) is 0 Å². The van der Waals surface area contributed by atoms with Crippen LogP contribution in [-0.4, -0.2) is 37.3 Å². The first-order valence-electron chi connectivity index (χ1n) is 5.41. The molecule has 0 spiro atoms. The minimum Gasteiger partial charge on any atom is -0.330 e. The zero-order chi connectivity index (χ0) is 11.5. The number of rotatable bonds is 3. The lowest BCUT2D eigenvalue weighted by atomic mass is 9.84. The summed E-state index contributed by atoms with van der Waals surface area (Å²) in [6, 6.07) is 0.00498. The molecule has 1 saturated carbocycles. The van der Waals surface area contributed by atoms with Crippen LogP contribution < -0.4 is 5.73 Å². The van der Waals surface area contributed by atoms with Gasteiger partial charge in [0.2, 0.25) is 0 Å². The summed E-state index contributed by atoms with van der Waals surface area (Å²) >= 11 is 0. The van der Waals surface area contributed by atoms with Crippen LogP contribution in [0.1, 0.15) is 25.7 Å². The third-order valence-corrected chi connectivity index (χ3v) is 3.17. The van der Waals surface area contributed by atoms with Gasteiger partial charge in [-0.05, 0) is 32.4 Å². The molecular weight excluding hydrogens is 205 g/mol. The van der Waals surface area contributed by atoms with E-state index >= 15 is 0 Å². The van der Waals surface area contributed by atoms with Crippen molar-refractivity contribution in [2.75, 3.05) is 20.1 Å². The second-order valence-electron chi connectivity index (χ2n) is 4.38. The maximum absolute atomic E-state index is 12.2. The zero-order valence-electron chi connectivity index (χ0n) is 9.06. The lowest BCUT2D eigenvalue weighted by Crippen LogP contribution is -2.46. The highest BCUT2D eigenvalue weighted by molar-refractivity contribution is 4.83. The highest BCUT2D eigenvalue weighted by atomic mass is 19.4. The van der Waals surface area contributed by atoms with Crippen molar-refractivity contribution in [3.8, 4) is 0 Å². The van der Waals surface area contributed by atoms with Crippen molar-refractivity contribution in [3.63, 3.8) is 0 Å². The van der Waals surface area contributed by atoms with Crippen molar-refractivity contribution in [2.45, 2.75) is 37.9 Å². The first kappa shape index (κ1) is 12.8. The Labute approximate surface area is 88.6 Å². The van der Waals surface area contributed by atoms with Crippen molar-refractivity contribution in [2.24, 2.45) is 11.7 Å². The molecule has 0 amide bonds. The molecule has 2 N–H and O–H groups in total. The van der Waals surface area contributed by atoms with E-state index in [1.807, 2.05) is 0 Å². The Morgan fingerprint density at radius 3 is 2.40 bits per heavy atom. The topological polar surface area (TPSA) is 29.3 Å². The molecule has 0 aromatic carbocycles. The van der Waals surface area contributed by atoms with Gasteiger partial charge in [0.25, 0.3) is 0 Å². The number of hydrogen-bond donors (Lipinski definition) is 1. The minimum absolute atomic E-state index is 0.00498. The number of halogens is 3. The van der Waals surface area contributed by atoms with E-state index in [0.717, 1.165) is 25.7 Å². The van der Waals surface area contributed by atoms with Gasteiger partial charge in [0.1, 0.15) is 0 Å². The number of alkyl halides is 3. The fraction of sp³-hybridized carbons (Fsp3) is 1.00. The van der Waals surface area contributed by atoms with Gasteiger partial charge in [-0.3, -0.25) is 4.90 Å². The molecule has 2 atom stereocenters. The summed E-state index contributed by atoms with van der Waals surface area (Å²) in [5.41, 5.74) is 5.59. The molecule has 2 unspecified atom stereocenters. The standard InChI is InChI=1S/C10H19F3N2/c1-15(7-10(11,12)13)9-5-3-2-4-8(9)6-14/h8-9H,2-7,14H2,1H3. The predicted octanol–water partition coefficient (Wildman–Crippen LogP) is 2.00. The Bertz CT molecular complexity index is 194. The summed E-state index contributed by atoms with van der Waals surface area (Å²) in [5, 5.41) is 0. The van der Waals surface area contributed by atoms with Crippen molar-refractivity contribution >= 4 is 0 Å². The normalized spacial score (nSPS) is 28.4. The highest BCUT2D eigenvalue weighted by Crippen LogP contribution is 2.29. The van der Waals surface area contributed by atoms with Crippen LogP contribution in [0.2, 0.25) is 0 Å². The summed E-state index contributed by atoms with van der Waals surface area (Å²) in [6.45, 7) is -0.332. The third kappa shape index (κ3) is 3.99. The molecule has 1 fully saturated rings. The molecule has 1 rings (SSSR count). The fourth-order valence-corrected chi connectivity index (χ4v) is 2.44. The van der Waals surface area contributed by atoms with Crippen LogP contribution >= 0.6 is 0 Å². The van der Waals surface area contributed by atoms with E-state index in [9.17, 15) is 13.2 Å². The smallest absolute Gasteiger partial charge is 0.330 e. The van der Waals surface area contributed by atoms with Crippen LogP contribution in [0.15, 0.2) is 0 Å². The van der Waals surface area contributed by atoms with Crippen molar-refractivity contribution in [1.82, 2.24) is 4.90 Å². The first-order chi connectivity index (χ1) is 6.94. The lowest BCUT2D eigenvalue weighted by Gasteiger charge is -2.37. The molecule has 90 valence electrons.